The van der Waals surface area contributed by atoms with E-state index in [2.05, 4.69) is 5.32 Å². The van der Waals surface area contributed by atoms with Crippen LogP contribution in [0.15, 0.2) is 29.6 Å². The maximum absolute atomic E-state index is 12.9. The van der Waals surface area contributed by atoms with E-state index in [4.69, 9.17) is 5.73 Å². The van der Waals surface area contributed by atoms with Crippen molar-refractivity contribution >= 4 is 28.6 Å². The van der Waals surface area contributed by atoms with Crippen molar-refractivity contribution in [1.82, 2.24) is 0 Å². The smallest absolute Gasteiger partial charge is 0.267 e. The summed E-state index contributed by atoms with van der Waals surface area (Å²) >= 11 is 1.16. The van der Waals surface area contributed by atoms with E-state index in [1.54, 1.807) is 11.4 Å². The molecule has 17 heavy (non-hydrogen) atoms. The number of hydrogen-bond donors (Lipinski definition) is 2. The molecular weight excluding hydrogens is 246 g/mol. The van der Waals surface area contributed by atoms with Gasteiger partial charge in [0.1, 0.15) is 16.5 Å². The summed E-state index contributed by atoms with van der Waals surface area (Å²) in [7, 11) is 0. The van der Waals surface area contributed by atoms with Crippen LogP contribution in [-0.2, 0) is 0 Å². The van der Waals surface area contributed by atoms with Gasteiger partial charge in [-0.3, -0.25) is 4.79 Å². The quantitative estimate of drug-likeness (QED) is 0.865. The average Bonchev–Trinajstić information content (AvgIpc) is 2.62. The summed E-state index contributed by atoms with van der Waals surface area (Å²) in [5.41, 5.74) is 5.95. The molecule has 0 radical (unpaired) electrons. The fourth-order valence-corrected chi connectivity index (χ4v) is 2.03. The molecule has 6 heteroatoms. The maximum Gasteiger partial charge on any atom is 0.267 e. The number of anilines is 2. The number of rotatable bonds is 2. The van der Waals surface area contributed by atoms with E-state index in [1.807, 2.05) is 0 Å². The first kappa shape index (κ1) is 11.5. The van der Waals surface area contributed by atoms with E-state index in [0.29, 0.717) is 10.6 Å². The zero-order chi connectivity index (χ0) is 12.4. The minimum absolute atomic E-state index is 0.0558. The number of hydrogen-bond acceptors (Lipinski definition) is 3. The highest BCUT2D eigenvalue weighted by Gasteiger charge is 2.12. The molecule has 1 aromatic carbocycles. The lowest BCUT2D eigenvalue weighted by Gasteiger charge is -2.04. The number of amides is 1. The van der Waals surface area contributed by atoms with E-state index in [0.717, 1.165) is 29.5 Å². The fourth-order valence-electron chi connectivity index (χ4n) is 1.32. The molecule has 1 amide bonds. The van der Waals surface area contributed by atoms with Gasteiger partial charge in [-0.2, -0.15) is 0 Å². The number of carbonyl (C=O) groups excluding carboxylic acids is 1. The van der Waals surface area contributed by atoms with Crippen LogP contribution in [0.1, 0.15) is 9.67 Å². The van der Waals surface area contributed by atoms with E-state index in [9.17, 15) is 13.6 Å². The van der Waals surface area contributed by atoms with Crippen molar-refractivity contribution in [3.63, 3.8) is 0 Å². The first-order valence-corrected chi connectivity index (χ1v) is 5.54. The third kappa shape index (κ3) is 2.59. The van der Waals surface area contributed by atoms with Crippen LogP contribution in [0, 0.1) is 11.6 Å². The highest BCUT2D eigenvalue weighted by Crippen LogP contribution is 2.21. The van der Waals surface area contributed by atoms with Gasteiger partial charge in [0.15, 0.2) is 0 Å². The number of nitrogens with two attached hydrogens (primary N) is 1. The number of carbonyl (C=O) groups is 1. The number of benzene rings is 1. The van der Waals surface area contributed by atoms with Crippen LogP contribution in [0.4, 0.5) is 20.2 Å². The molecule has 88 valence electrons. The number of nitrogen functional groups attached to an aromatic ring is 1. The zero-order valence-electron chi connectivity index (χ0n) is 8.54. The Labute approximate surface area is 99.9 Å². The standard InChI is InChI=1S/C11H8F2N2OS/c12-6-3-7(13)5-8(4-6)15-11(16)10-9(14)1-2-17-10/h1-5H,14H2,(H,15,16). The normalized spacial score (nSPS) is 10.2. The van der Waals surface area contributed by atoms with E-state index >= 15 is 0 Å². The summed E-state index contributed by atoms with van der Waals surface area (Å²) in [6.45, 7) is 0. The molecule has 0 saturated heterocycles. The molecule has 3 nitrogen and oxygen atoms in total. The van der Waals surface area contributed by atoms with Crippen molar-refractivity contribution in [2.45, 2.75) is 0 Å². The Hall–Kier alpha value is -1.95. The van der Waals surface area contributed by atoms with Gasteiger partial charge in [-0.05, 0) is 23.6 Å². The van der Waals surface area contributed by atoms with Crippen LogP contribution < -0.4 is 11.1 Å². The molecule has 0 atom stereocenters. The number of halogens is 2. The summed E-state index contributed by atoms with van der Waals surface area (Å²) in [4.78, 5) is 12.0. The molecule has 2 rings (SSSR count). The minimum Gasteiger partial charge on any atom is -0.397 e. The van der Waals surface area contributed by atoms with Crippen molar-refractivity contribution in [2.75, 3.05) is 11.1 Å². The Kier molecular flexibility index (Phi) is 3.06. The molecular formula is C11H8F2N2OS. The van der Waals surface area contributed by atoms with Gasteiger partial charge in [-0.1, -0.05) is 0 Å². The first-order chi connectivity index (χ1) is 8.06. The molecule has 0 unspecified atom stereocenters. The van der Waals surface area contributed by atoms with Crippen molar-refractivity contribution in [1.29, 1.82) is 0 Å². The maximum atomic E-state index is 12.9. The van der Waals surface area contributed by atoms with Crippen molar-refractivity contribution in [3.8, 4) is 0 Å². The molecule has 0 fully saturated rings. The van der Waals surface area contributed by atoms with Crippen LogP contribution in [0.2, 0.25) is 0 Å². The zero-order valence-corrected chi connectivity index (χ0v) is 9.35. The molecule has 0 bridgehead atoms. The Balaban J connectivity index is 2.21. The Bertz CT molecular complexity index is 548. The van der Waals surface area contributed by atoms with Gasteiger partial charge in [0.2, 0.25) is 0 Å². The Morgan fingerprint density at radius 1 is 1.24 bits per heavy atom. The predicted molar refractivity (Wildman–Crippen MR) is 63.0 cm³/mol. The summed E-state index contributed by atoms with van der Waals surface area (Å²) < 4.78 is 25.8. The van der Waals surface area contributed by atoms with Gasteiger partial charge in [0.25, 0.3) is 5.91 Å². The lowest BCUT2D eigenvalue weighted by molar-refractivity contribution is 0.103. The Morgan fingerprint density at radius 2 is 1.88 bits per heavy atom. The lowest BCUT2D eigenvalue weighted by Crippen LogP contribution is -2.12. The first-order valence-electron chi connectivity index (χ1n) is 4.66. The van der Waals surface area contributed by atoms with Crippen LogP contribution >= 0.6 is 11.3 Å². The summed E-state index contributed by atoms with van der Waals surface area (Å²) in [5.74, 6) is -1.98. The molecule has 0 aliphatic rings. The summed E-state index contributed by atoms with van der Waals surface area (Å²) in [5, 5.41) is 4.04. The topological polar surface area (TPSA) is 55.1 Å². The summed E-state index contributed by atoms with van der Waals surface area (Å²) in [6.07, 6.45) is 0. The predicted octanol–water partition coefficient (Wildman–Crippen LogP) is 2.86. The molecule has 1 aromatic heterocycles. The minimum atomic E-state index is -0.751. The molecule has 1 heterocycles. The van der Waals surface area contributed by atoms with Gasteiger partial charge in [0, 0.05) is 11.8 Å². The second kappa shape index (κ2) is 4.50. The van der Waals surface area contributed by atoms with Crippen LogP contribution in [0.25, 0.3) is 0 Å². The molecule has 0 saturated carbocycles. The average molecular weight is 254 g/mol. The van der Waals surface area contributed by atoms with Gasteiger partial charge in [-0.25, -0.2) is 8.78 Å². The number of nitrogens with one attached hydrogen (secondary N) is 1. The fraction of sp³-hybridized carbons (Fsp3) is 0. The largest absolute Gasteiger partial charge is 0.397 e. The second-order valence-corrected chi connectivity index (χ2v) is 4.23. The van der Waals surface area contributed by atoms with Crippen LogP contribution in [0.5, 0.6) is 0 Å². The lowest BCUT2D eigenvalue weighted by atomic mass is 10.3. The number of thiophene rings is 1. The van der Waals surface area contributed by atoms with Gasteiger partial charge in [-0.15, -0.1) is 11.3 Å². The molecule has 0 aliphatic heterocycles. The SMILES string of the molecule is Nc1ccsc1C(=O)Nc1cc(F)cc(F)c1. The van der Waals surface area contributed by atoms with Crippen molar-refractivity contribution in [2.24, 2.45) is 0 Å². The molecule has 0 aliphatic carbocycles. The third-order valence-corrected chi connectivity index (χ3v) is 2.95. The molecule has 0 spiro atoms. The van der Waals surface area contributed by atoms with E-state index < -0.39 is 17.5 Å². The monoisotopic (exact) mass is 254 g/mol. The summed E-state index contributed by atoms with van der Waals surface area (Å²) in [6, 6.07) is 4.39. The van der Waals surface area contributed by atoms with Crippen molar-refractivity contribution < 1.29 is 13.6 Å². The van der Waals surface area contributed by atoms with Crippen molar-refractivity contribution in [3.05, 3.63) is 46.2 Å². The molecule has 2 aromatic rings. The van der Waals surface area contributed by atoms with Crippen LogP contribution in [-0.4, -0.2) is 5.91 Å². The Morgan fingerprint density at radius 3 is 2.41 bits per heavy atom. The van der Waals surface area contributed by atoms with Gasteiger partial charge >= 0.3 is 0 Å². The van der Waals surface area contributed by atoms with Gasteiger partial charge in [0.05, 0.1) is 5.69 Å². The second-order valence-electron chi connectivity index (χ2n) is 3.32. The van der Waals surface area contributed by atoms with E-state index in [-0.39, 0.29) is 5.69 Å². The van der Waals surface area contributed by atoms with E-state index in [1.165, 1.54) is 0 Å². The third-order valence-electron chi connectivity index (χ3n) is 2.02. The van der Waals surface area contributed by atoms with Gasteiger partial charge < -0.3 is 11.1 Å². The van der Waals surface area contributed by atoms with Crippen LogP contribution in [0.3, 0.4) is 0 Å². The highest BCUT2D eigenvalue weighted by molar-refractivity contribution is 7.12. The molecule has 3 N–H and O–H groups in total. The highest BCUT2D eigenvalue weighted by atomic mass is 32.1.